The third-order valence-corrected chi connectivity index (χ3v) is 6.82. The fourth-order valence-electron chi connectivity index (χ4n) is 4.65. The number of fused-ring (bicyclic) bond motifs is 1. The Labute approximate surface area is 248 Å². The molecule has 2 heterocycles. The predicted octanol–water partition coefficient (Wildman–Crippen LogP) is 1.81. The lowest BCUT2D eigenvalue weighted by molar-refractivity contribution is -0.146. The fourth-order valence-corrected chi connectivity index (χ4v) is 4.65. The van der Waals surface area contributed by atoms with Crippen molar-refractivity contribution < 1.29 is 52.9 Å². The van der Waals surface area contributed by atoms with Crippen LogP contribution in [0.5, 0.6) is 0 Å². The number of esters is 1. The van der Waals surface area contributed by atoms with Crippen LogP contribution in [-0.2, 0) is 38.2 Å². The van der Waals surface area contributed by atoms with Crippen molar-refractivity contribution in [3.63, 3.8) is 0 Å². The smallest absolute Gasteiger partial charge is 0.305 e. The van der Waals surface area contributed by atoms with Crippen molar-refractivity contribution in [2.75, 3.05) is 38.4 Å². The van der Waals surface area contributed by atoms with Gasteiger partial charge in [-0.2, -0.15) is 0 Å². The highest BCUT2D eigenvalue weighted by molar-refractivity contribution is 6.26. The van der Waals surface area contributed by atoms with E-state index in [2.05, 4.69) is 10.6 Å². The molecule has 2 aliphatic heterocycles. The Bertz CT molecular complexity index is 1220. The summed E-state index contributed by atoms with van der Waals surface area (Å²) in [6.45, 7) is 1.54. The normalized spacial score (nSPS) is 16.2. The number of carboxylic acids is 1. The lowest BCUT2D eigenvalue weighted by Crippen LogP contribution is -2.54. The van der Waals surface area contributed by atoms with Gasteiger partial charge in [-0.15, -0.1) is 0 Å². The second kappa shape index (κ2) is 17.1. The minimum absolute atomic E-state index is 0.0196. The second-order valence-electron chi connectivity index (χ2n) is 10.1. The van der Waals surface area contributed by atoms with Crippen LogP contribution in [0.1, 0.15) is 84.9 Å². The van der Waals surface area contributed by atoms with Crippen LogP contribution in [0.25, 0.3) is 0 Å². The first-order valence-electron chi connectivity index (χ1n) is 14.4. The van der Waals surface area contributed by atoms with Crippen LogP contribution >= 0.6 is 0 Å². The molecule has 1 atom stereocenters. The Morgan fingerprint density at radius 3 is 2.30 bits per heavy atom. The molecular weight excluding hydrogens is 566 g/mol. The molecule has 3 rings (SSSR count). The van der Waals surface area contributed by atoms with Gasteiger partial charge in [-0.3, -0.25) is 43.8 Å². The lowest BCUT2D eigenvalue weighted by Gasteiger charge is -2.27. The molecule has 14 heteroatoms. The van der Waals surface area contributed by atoms with E-state index in [1.165, 1.54) is 12.1 Å². The monoisotopic (exact) mass is 603 g/mol. The summed E-state index contributed by atoms with van der Waals surface area (Å²) in [5, 5.41) is 13.4. The lowest BCUT2D eigenvalue weighted by atomic mass is 10.0. The van der Waals surface area contributed by atoms with Crippen molar-refractivity contribution in [1.29, 1.82) is 0 Å². The summed E-state index contributed by atoms with van der Waals surface area (Å²) in [7, 11) is 0. The van der Waals surface area contributed by atoms with Crippen LogP contribution in [-0.4, -0.2) is 90.6 Å². The zero-order chi connectivity index (χ0) is 31.2. The number of carbonyl (C=O) groups is 7. The van der Waals surface area contributed by atoms with Gasteiger partial charge in [-0.25, -0.2) is 0 Å². The topological polar surface area (TPSA) is 195 Å². The molecule has 14 nitrogen and oxygen atoms in total. The number of hydrogen-bond acceptors (Lipinski definition) is 10. The van der Waals surface area contributed by atoms with E-state index < -0.39 is 35.6 Å². The molecule has 0 bridgehead atoms. The van der Waals surface area contributed by atoms with Crippen LogP contribution in [0.2, 0.25) is 0 Å². The summed E-state index contributed by atoms with van der Waals surface area (Å²) < 4.78 is 15.8. The standard InChI is InChI=1S/C29H37N3O11/c33-22(9-2-1-5-14-41-15-16-42-17-18-43-25(37)11-4-3-10-24(35)36)30-20-8-6-7-19-26(20)29(40)32(28(19)39)21-12-13-23(34)31-27(21)38/h6-8,21H,1-5,9-18H2,(H,30,33)(H,35,36)(H,31,34,38). The number of anilines is 1. The Morgan fingerprint density at radius 2 is 1.56 bits per heavy atom. The summed E-state index contributed by atoms with van der Waals surface area (Å²) >= 11 is 0. The first kappa shape index (κ1) is 33.3. The van der Waals surface area contributed by atoms with Crippen molar-refractivity contribution >= 4 is 47.2 Å². The first-order valence-corrected chi connectivity index (χ1v) is 14.4. The highest BCUT2D eigenvalue weighted by Gasteiger charge is 2.45. The van der Waals surface area contributed by atoms with Crippen molar-refractivity contribution in [3.05, 3.63) is 29.3 Å². The summed E-state index contributed by atoms with van der Waals surface area (Å²) in [6.07, 6.45) is 3.41. The molecule has 0 aromatic heterocycles. The molecule has 1 fully saturated rings. The molecule has 234 valence electrons. The van der Waals surface area contributed by atoms with Gasteiger partial charge in [0.25, 0.3) is 11.8 Å². The van der Waals surface area contributed by atoms with Gasteiger partial charge in [0.1, 0.15) is 12.6 Å². The SMILES string of the molecule is O=C(O)CCCCC(=O)OCCOCCOCCCCCC(=O)Nc1cccc2c1C(=O)N(C1CCC(=O)NC1=O)C2=O. The largest absolute Gasteiger partial charge is 0.481 e. The average Bonchev–Trinajstić information content (AvgIpc) is 3.21. The van der Waals surface area contributed by atoms with Crippen LogP contribution in [0.3, 0.4) is 0 Å². The maximum atomic E-state index is 13.1. The minimum Gasteiger partial charge on any atom is -0.481 e. The number of unbranched alkanes of at least 4 members (excludes halogenated alkanes) is 3. The van der Waals surface area contributed by atoms with E-state index in [9.17, 15) is 33.6 Å². The molecular formula is C29H37N3O11. The van der Waals surface area contributed by atoms with Crippen LogP contribution in [0, 0.1) is 0 Å². The molecule has 1 aromatic carbocycles. The van der Waals surface area contributed by atoms with Crippen molar-refractivity contribution in [3.8, 4) is 0 Å². The molecule has 43 heavy (non-hydrogen) atoms. The number of piperidine rings is 1. The van der Waals surface area contributed by atoms with E-state index in [4.69, 9.17) is 19.3 Å². The minimum atomic E-state index is -1.08. The number of carbonyl (C=O) groups excluding carboxylic acids is 6. The Morgan fingerprint density at radius 1 is 0.860 bits per heavy atom. The fraction of sp³-hybridized carbons (Fsp3) is 0.552. The van der Waals surface area contributed by atoms with E-state index in [1.54, 1.807) is 6.07 Å². The van der Waals surface area contributed by atoms with E-state index in [0.717, 1.165) is 17.7 Å². The summed E-state index contributed by atoms with van der Waals surface area (Å²) in [5.41, 5.74) is 0.330. The molecule has 1 aromatic rings. The first-order chi connectivity index (χ1) is 20.7. The number of nitrogens with one attached hydrogen (secondary N) is 2. The van der Waals surface area contributed by atoms with Gasteiger partial charge in [-0.1, -0.05) is 12.5 Å². The third kappa shape index (κ3) is 10.3. The Balaban J connectivity index is 1.25. The van der Waals surface area contributed by atoms with Gasteiger partial charge in [0.05, 0.1) is 36.6 Å². The molecule has 1 saturated heterocycles. The van der Waals surface area contributed by atoms with E-state index in [-0.39, 0.29) is 74.0 Å². The van der Waals surface area contributed by atoms with Gasteiger partial charge in [0, 0.05) is 32.3 Å². The Kier molecular flexibility index (Phi) is 13.2. The molecule has 0 spiro atoms. The van der Waals surface area contributed by atoms with Gasteiger partial charge in [0.15, 0.2) is 0 Å². The predicted molar refractivity (Wildman–Crippen MR) is 149 cm³/mol. The summed E-state index contributed by atoms with van der Waals surface area (Å²) in [4.78, 5) is 85.1. The molecule has 0 aliphatic carbocycles. The number of ether oxygens (including phenoxy) is 3. The van der Waals surface area contributed by atoms with Crippen molar-refractivity contribution in [1.82, 2.24) is 10.2 Å². The highest BCUT2D eigenvalue weighted by Crippen LogP contribution is 2.32. The summed E-state index contributed by atoms with van der Waals surface area (Å²) in [5.74, 6) is -4.06. The number of benzene rings is 1. The number of carboxylic acid groups (broad SMARTS) is 1. The number of amides is 5. The maximum Gasteiger partial charge on any atom is 0.305 e. The molecule has 2 aliphatic rings. The number of nitrogens with zero attached hydrogens (tertiary/aromatic N) is 1. The van der Waals surface area contributed by atoms with Crippen LogP contribution in [0.15, 0.2) is 18.2 Å². The molecule has 5 amide bonds. The quantitative estimate of drug-likeness (QED) is 0.119. The van der Waals surface area contributed by atoms with E-state index >= 15 is 0 Å². The molecule has 1 unspecified atom stereocenters. The van der Waals surface area contributed by atoms with E-state index in [0.29, 0.717) is 39.1 Å². The van der Waals surface area contributed by atoms with Crippen LogP contribution in [0.4, 0.5) is 5.69 Å². The van der Waals surface area contributed by atoms with Crippen LogP contribution < -0.4 is 10.6 Å². The number of hydrogen-bond donors (Lipinski definition) is 3. The van der Waals surface area contributed by atoms with E-state index in [1.807, 2.05) is 0 Å². The average molecular weight is 604 g/mol. The van der Waals surface area contributed by atoms with Gasteiger partial charge in [-0.05, 0) is 44.2 Å². The summed E-state index contributed by atoms with van der Waals surface area (Å²) in [6, 6.07) is 3.46. The highest BCUT2D eigenvalue weighted by atomic mass is 16.6. The van der Waals surface area contributed by atoms with Crippen molar-refractivity contribution in [2.45, 2.75) is 70.3 Å². The zero-order valence-corrected chi connectivity index (χ0v) is 23.9. The zero-order valence-electron chi connectivity index (χ0n) is 23.9. The molecule has 3 N–H and O–H groups in total. The number of imide groups is 2. The van der Waals surface area contributed by atoms with Gasteiger partial charge >= 0.3 is 11.9 Å². The number of rotatable bonds is 19. The number of aliphatic carboxylic acids is 1. The third-order valence-electron chi connectivity index (χ3n) is 6.82. The van der Waals surface area contributed by atoms with Crippen molar-refractivity contribution in [2.24, 2.45) is 0 Å². The Hall–Kier alpha value is -4.17. The van der Waals surface area contributed by atoms with Gasteiger partial charge in [0.2, 0.25) is 17.7 Å². The van der Waals surface area contributed by atoms with Gasteiger partial charge < -0.3 is 24.6 Å². The molecule has 0 radical (unpaired) electrons. The molecule has 0 saturated carbocycles. The second-order valence-corrected chi connectivity index (χ2v) is 10.1. The maximum absolute atomic E-state index is 13.1.